The van der Waals surface area contributed by atoms with E-state index in [1.54, 1.807) is 0 Å². The largest absolute Gasteiger partial charge is 0.316 e. The highest BCUT2D eigenvalue weighted by Gasteiger charge is 2.26. The van der Waals surface area contributed by atoms with Gasteiger partial charge in [-0.3, -0.25) is 0 Å². The van der Waals surface area contributed by atoms with Crippen LogP contribution in [0.5, 0.6) is 0 Å². The zero-order chi connectivity index (χ0) is 10.7. The van der Waals surface area contributed by atoms with Crippen LogP contribution in [0.15, 0.2) is 24.3 Å². The smallest absolute Gasteiger partial charge is 0.127 e. The van der Waals surface area contributed by atoms with Crippen molar-refractivity contribution in [1.82, 2.24) is 5.32 Å². The molecule has 0 spiro atoms. The third kappa shape index (κ3) is 2.10. The van der Waals surface area contributed by atoms with Gasteiger partial charge in [-0.2, -0.15) is 0 Å². The first-order valence-corrected chi connectivity index (χ1v) is 5.54. The topological polar surface area (TPSA) is 29.1 Å². The molecule has 15 heavy (non-hydrogen) atoms. The van der Waals surface area contributed by atoms with Crippen LogP contribution in [0.2, 0.25) is 0 Å². The Bertz CT molecular complexity index is 342. The van der Waals surface area contributed by atoms with E-state index in [0.717, 1.165) is 25.8 Å². The van der Waals surface area contributed by atoms with Crippen LogP contribution in [-0.2, 0) is 4.79 Å². The molecule has 1 heterocycles. The molecule has 0 aliphatic carbocycles. The van der Waals surface area contributed by atoms with Gasteiger partial charge in [0.2, 0.25) is 0 Å². The zero-order valence-corrected chi connectivity index (χ0v) is 9.07. The van der Waals surface area contributed by atoms with E-state index in [1.807, 2.05) is 12.1 Å². The Kier molecular flexibility index (Phi) is 3.17. The van der Waals surface area contributed by atoms with E-state index in [1.165, 1.54) is 11.1 Å². The molecule has 0 bridgehead atoms. The average molecular weight is 203 g/mol. The van der Waals surface area contributed by atoms with Crippen molar-refractivity contribution in [2.24, 2.45) is 5.92 Å². The number of carbonyl (C=O) groups is 1. The van der Waals surface area contributed by atoms with E-state index >= 15 is 0 Å². The second-order valence-electron chi connectivity index (χ2n) is 4.27. The predicted octanol–water partition coefficient (Wildman–Crippen LogP) is 1.89. The van der Waals surface area contributed by atoms with Crippen molar-refractivity contribution in [3.05, 3.63) is 35.4 Å². The second-order valence-corrected chi connectivity index (χ2v) is 4.27. The third-order valence-electron chi connectivity index (χ3n) is 3.30. The normalized spacial score (nSPS) is 22.6. The summed E-state index contributed by atoms with van der Waals surface area (Å²) in [6.45, 7) is 4.09. The summed E-state index contributed by atoms with van der Waals surface area (Å²) in [7, 11) is 0. The zero-order valence-electron chi connectivity index (χ0n) is 9.07. The molecular weight excluding hydrogens is 186 g/mol. The maximum absolute atomic E-state index is 11.2. The van der Waals surface area contributed by atoms with Gasteiger partial charge >= 0.3 is 0 Å². The van der Waals surface area contributed by atoms with Crippen LogP contribution in [0.3, 0.4) is 0 Å². The first-order chi connectivity index (χ1) is 7.33. The lowest BCUT2D eigenvalue weighted by Crippen LogP contribution is -2.18. The predicted molar refractivity (Wildman–Crippen MR) is 61.0 cm³/mol. The van der Waals surface area contributed by atoms with Gasteiger partial charge in [-0.1, -0.05) is 24.3 Å². The number of hydrogen-bond acceptors (Lipinski definition) is 2. The van der Waals surface area contributed by atoms with Gasteiger partial charge in [-0.05, 0) is 43.5 Å². The number of hydrogen-bond donors (Lipinski definition) is 1. The second kappa shape index (κ2) is 4.58. The Morgan fingerprint density at radius 2 is 2.27 bits per heavy atom. The fraction of sp³-hybridized carbons (Fsp3) is 0.462. The Morgan fingerprint density at radius 3 is 2.87 bits per heavy atom. The van der Waals surface area contributed by atoms with E-state index in [-0.39, 0.29) is 5.92 Å². The summed E-state index contributed by atoms with van der Waals surface area (Å²) < 4.78 is 0. The summed E-state index contributed by atoms with van der Waals surface area (Å²) in [6, 6.07) is 8.19. The van der Waals surface area contributed by atoms with E-state index in [4.69, 9.17) is 0 Å². The molecule has 2 atom stereocenters. The molecule has 1 aromatic carbocycles. The monoisotopic (exact) mass is 203 g/mol. The summed E-state index contributed by atoms with van der Waals surface area (Å²) in [5, 5.41) is 3.32. The fourth-order valence-corrected chi connectivity index (χ4v) is 2.38. The van der Waals surface area contributed by atoms with Crippen LogP contribution in [0.25, 0.3) is 0 Å². The summed E-state index contributed by atoms with van der Waals surface area (Å²) in [5.74, 6) is 0.546. The van der Waals surface area contributed by atoms with Crippen molar-refractivity contribution >= 4 is 6.29 Å². The van der Waals surface area contributed by atoms with Crippen LogP contribution in [0.1, 0.15) is 23.5 Å². The lowest BCUT2D eigenvalue weighted by atomic mass is 9.84. The molecule has 1 aliphatic heterocycles. The first-order valence-electron chi connectivity index (χ1n) is 5.54. The van der Waals surface area contributed by atoms with Crippen LogP contribution in [-0.4, -0.2) is 19.4 Å². The number of nitrogens with one attached hydrogen (secondary N) is 1. The van der Waals surface area contributed by atoms with Crippen molar-refractivity contribution in [2.75, 3.05) is 13.1 Å². The van der Waals surface area contributed by atoms with Crippen LogP contribution >= 0.6 is 0 Å². The lowest BCUT2D eigenvalue weighted by molar-refractivity contribution is -0.110. The number of rotatable bonds is 3. The van der Waals surface area contributed by atoms with Crippen molar-refractivity contribution in [3.63, 3.8) is 0 Å². The molecule has 0 radical (unpaired) electrons. The maximum atomic E-state index is 11.2. The number of benzene rings is 1. The molecule has 2 unspecified atom stereocenters. The SMILES string of the molecule is Cc1ccccc1C(C=O)C1CCNC1. The van der Waals surface area contributed by atoms with Crippen LogP contribution < -0.4 is 5.32 Å². The highest BCUT2D eigenvalue weighted by atomic mass is 16.1. The third-order valence-corrected chi connectivity index (χ3v) is 3.30. The number of aryl methyl sites for hydroxylation is 1. The van der Waals surface area contributed by atoms with Crippen LogP contribution in [0.4, 0.5) is 0 Å². The van der Waals surface area contributed by atoms with Gasteiger partial charge in [0.1, 0.15) is 6.29 Å². The van der Waals surface area contributed by atoms with E-state index in [9.17, 15) is 4.79 Å². The summed E-state index contributed by atoms with van der Waals surface area (Å²) in [6.07, 6.45) is 2.22. The number of carbonyl (C=O) groups excluding carboxylic acids is 1. The van der Waals surface area contributed by atoms with Crippen molar-refractivity contribution < 1.29 is 4.79 Å². The lowest BCUT2D eigenvalue weighted by Gasteiger charge is -2.19. The Morgan fingerprint density at radius 1 is 1.47 bits per heavy atom. The summed E-state index contributed by atoms with van der Waals surface area (Å²) >= 11 is 0. The van der Waals surface area contributed by atoms with E-state index < -0.39 is 0 Å². The Hall–Kier alpha value is -1.15. The molecule has 0 saturated carbocycles. The van der Waals surface area contributed by atoms with Gasteiger partial charge < -0.3 is 10.1 Å². The molecular formula is C13H17NO. The van der Waals surface area contributed by atoms with Gasteiger partial charge in [-0.15, -0.1) is 0 Å². The molecule has 2 heteroatoms. The van der Waals surface area contributed by atoms with Crippen LogP contribution in [0, 0.1) is 12.8 Å². The molecule has 1 saturated heterocycles. The van der Waals surface area contributed by atoms with E-state index in [2.05, 4.69) is 24.4 Å². The van der Waals surface area contributed by atoms with Gasteiger partial charge in [0.15, 0.2) is 0 Å². The van der Waals surface area contributed by atoms with Crippen molar-refractivity contribution in [1.29, 1.82) is 0 Å². The highest BCUT2D eigenvalue weighted by molar-refractivity contribution is 5.64. The minimum Gasteiger partial charge on any atom is -0.316 e. The average Bonchev–Trinajstić information content (AvgIpc) is 2.75. The molecule has 1 fully saturated rings. The molecule has 80 valence electrons. The molecule has 2 rings (SSSR count). The van der Waals surface area contributed by atoms with Gasteiger partial charge in [0, 0.05) is 5.92 Å². The maximum Gasteiger partial charge on any atom is 0.127 e. The molecule has 2 nitrogen and oxygen atoms in total. The molecule has 0 aromatic heterocycles. The van der Waals surface area contributed by atoms with Crippen molar-refractivity contribution in [2.45, 2.75) is 19.3 Å². The highest BCUT2D eigenvalue weighted by Crippen LogP contribution is 2.29. The summed E-state index contributed by atoms with van der Waals surface area (Å²) in [5.41, 5.74) is 2.42. The molecule has 1 aliphatic rings. The van der Waals surface area contributed by atoms with Crippen molar-refractivity contribution in [3.8, 4) is 0 Å². The Balaban J connectivity index is 2.26. The Labute approximate surface area is 90.7 Å². The van der Waals surface area contributed by atoms with E-state index in [0.29, 0.717) is 5.92 Å². The van der Waals surface area contributed by atoms with Gasteiger partial charge in [-0.25, -0.2) is 0 Å². The molecule has 1 aromatic rings. The first kappa shape index (κ1) is 10.4. The quantitative estimate of drug-likeness (QED) is 0.760. The molecule has 1 N–H and O–H groups in total. The number of aldehydes is 1. The van der Waals surface area contributed by atoms with Gasteiger partial charge in [0.25, 0.3) is 0 Å². The fourth-order valence-electron chi connectivity index (χ4n) is 2.38. The minimum atomic E-state index is 0.0706. The summed E-state index contributed by atoms with van der Waals surface area (Å²) in [4.78, 5) is 11.2. The standard InChI is InChI=1S/C13H17NO/c1-10-4-2-3-5-12(10)13(9-15)11-6-7-14-8-11/h2-5,9,11,13-14H,6-8H2,1H3. The van der Waals surface area contributed by atoms with Gasteiger partial charge in [0.05, 0.1) is 0 Å². The minimum absolute atomic E-state index is 0.0706. The molecule has 0 amide bonds.